The second-order valence-corrected chi connectivity index (χ2v) is 12.5. The first kappa shape index (κ1) is 30.5. The summed E-state index contributed by atoms with van der Waals surface area (Å²) in [6.07, 6.45) is 0. The van der Waals surface area contributed by atoms with Crippen LogP contribution in [0.3, 0.4) is 0 Å². The van der Waals surface area contributed by atoms with Gasteiger partial charge in [0.25, 0.3) is 10.0 Å². The number of hydrogen-bond acceptors (Lipinski definition) is 4. The van der Waals surface area contributed by atoms with Crippen molar-refractivity contribution < 1.29 is 18.0 Å². The molecule has 0 unspecified atom stereocenters. The maximum atomic E-state index is 13.9. The van der Waals surface area contributed by atoms with E-state index in [1.54, 1.807) is 61.5 Å². The number of carbonyl (C=O) groups excluding carboxylic acids is 2. The molecule has 3 rings (SSSR count). The fourth-order valence-corrected chi connectivity index (χ4v) is 5.54. The van der Waals surface area contributed by atoms with Gasteiger partial charge in [0, 0.05) is 23.1 Å². The molecule has 39 heavy (non-hydrogen) atoms. The molecule has 3 aromatic rings. The van der Waals surface area contributed by atoms with Gasteiger partial charge in [-0.15, -0.1) is 0 Å². The molecule has 0 spiro atoms. The predicted molar refractivity (Wildman–Crippen MR) is 156 cm³/mol. The van der Waals surface area contributed by atoms with Crippen molar-refractivity contribution in [3.05, 3.63) is 94.0 Å². The van der Waals surface area contributed by atoms with Crippen LogP contribution < -0.4 is 9.62 Å². The Labute approximate surface area is 240 Å². The van der Waals surface area contributed by atoms with Gasteiger partial charge in [0.05, 0.1) is 10.6 Å². The maximum absolute atomic E-state index is 13.9. The summed E-state index contributed by atoms with van der Waals surface area (Å²) < 4.78 is 28.6. The Balaban J connectivity index is 2.01. The lowest BCUT2D eigenvalue weighted by molar-refractivity contribution is -0.139. The van der Waals surface area contributed by atoms with Gasteiger partial charge in [-0.2, -0.15) is 0 Å². The summed E-state index contributed by atoms with van der Waals surface area (Å²) in [4.78, 5) is 28.3. The van der Waals surface area contributed by atoms with E-state index in [4.69, 9.17) is 23.2 Å². The lowest BCUT2D eigenvalue weighted by Gasteiger charge is -2.32. The molecule has 1 N–H and O–H groups in total. The Morgan fingerprint density at radius 3 is 2.13 bits per heavy atom. The largest absolute Gasteiger partial charge is 0.354 e. The van der Waals surface area contributed by atoms with Gasteiger partial charge >= 0.3 is 0 Å². The van der Waals surface area contributed by atoms with Gasteiger partial charge in [0.15, 0.2) is 0 Å². The molecule has 2 amide bonds. The Hall–Kier alpha value is -3.07. The van der Waals surface area contributed by atoms with E-state index in [1.807, 2.05) is 20.8 Å². The molecule has 0 saturated carbocycles. The van der Waals surface area contributed by atoms with Crippen LogP contribution in [0.2, 0.25) is 10.0 Å². The zero-order chi connectivity index (χ0) is 28.7. The molecular weight excluding hydrogens is 557 g/mol. The van der Waals surface area contributed by atoms with Gasteiger partial charge in [-0.25, -0.2) is 8.42 Å². The number of carbonyl (C=O) groups is 2. The topological polar surface area (TPSA) is 86.8 Å². The zero-order valence-electron chi connectivity index (χ0n) is 22.4. The first-order valence-electron chi connectivity index (χ1n) is 12.5. The highest BCUT2D eigenvalue weighted by Gasteiger charge is 2.32. The fraction of sp³-hybridized carbons (Fsp3) is 0.310. The molecule has 0 bridgehead atoms. The predicted octanol–water partition coefficient (Wildman–Crippen LogP) is 5.69. The summed E-state index contributed by atoms with van der Waals surface area (Å²) in [5, 5.41) is 3.72. The number of aryl methyl sites for hydroxylation is 1. The van der Waals surface area contributed by atoms with Gasteiger partial charge in [-0.3, -0.25) is 13.9 Å². The Kier molecular flexibility index (Phi) is 10.4. The van der Waals surface area contributed by atoms with E-state index in [9.17, 15) is 18.0 Å². The van der Waals surface area contributed by atoms with Crippen molar-refractivity contribution in [3.8, 4) is 0 Å². The van der Waals surface area contributed by atoms with Crippen molar-refractivity contribution in [1.29, 1.82) is 0 Å². The number of hydrogen-bond donors (Lipinski definition) is 1. The Bertz CT molecular complexity index is 1390. The average molecular weight is 591 g/mol. The first-order chi connectivity index (χ1) is 18.4. The van der Waals surface area contributed by atoms with Crippen LogP contribution in [0.25, 0.3) is 0 Å². The summed E-state index contributed by atoms with van der Waals surface area (Å²) in [6.45, 7) is 7.42. The summed E-state index contributed by atoms with van der Waals surface area (Å²) in [5.41, 5.74) is 1.88. The standard InChI is InChI=1S/C29H33Cl2N3O4S/c1-20(2)17-32-29(36)22(4)33(18-23-10-12-24(30)13-11-23)28(35)19-34(26-7-5-6-25(31)16-26)39(37,38)27-14-8-21(3)9-15-27/h5-16,20,22H,17-19H2,1-4H3,(H,32,36)/t22-/m0/s1. The minimum absolute atomic E-state index is 0.0350. The van der Waals surface area contributed by atoms with Crippen molar-refractivity contribution in [3.63, 3.8) is 0 Å². The van der Waals surface area contributed by atoms with Crippen LogP contribution in [0.1, 0.15) is 31.9 Å². The van der Waals surface area contributed by atoms with E-state index >= 15 is 0 Å². The van der Waals surface area contributed by atoms with E-state index in [2.05, 4.69) is 5.32 Å². The molecule has 0 fully saturated rings. The number of halogens is 2. The number of nitrogens with one attached hydrogen (secondary N) is 1. The molecule has 0 aliphatic carbocycles. The molecule has 7 nitrogen and oxygen atoms in total. The van der Waals surface area contributed by atoms with Crippen LogP contribution in [0.5, 0.6) is 0 Å². The van der Waals surface area contributed by atoms with Gasteiger partial charge in [0.2, 0.25) is 11.8 Å². The molecule has 10 heteroatoms. The van der Waals surface area contributed by atoms with E-state index in [0.717, 1.165) is 15.4 Å². The molecule has 0 aliphatic heterocycles. The van der Waals surface area contributed by atoms with Crippen LogP contribution in [-0.2, 0) is 26.2 Å². The highest BCUT2D eigenvalue weighted by atomic mass is 35.5. The van der Waals surface area contributed by atoms with Crippen LogP contribution >= 0.6 is 23.2 Å². The van der Waals surface area contributed by atoms with Crippen LogP contribution in [-0.4, -0.2) is 44.3 Å². The van der Waals surface area contributed by atoms with E-state index in [-0.39, 0.29) is 29.0 Å². The number of nitrogens with zero attached hydrogens (tertiary/aromatic N) is 2. The van der Waals surface area contributed by atoms with Gasteiger partial charge in [-0.05, 0) is 67.8 Å². The SMILES string of the molecule is Cc1ccc(S(=O)(=O)N(CC(=O)N(Cc2ccc(Cl)cc2)[C@@H](C)C(=O)NCC(C)C)c2cccc(Cl)c2)cc1. The molecule has 208 valence electrons. The number of amides is 2. The lowest BCUT2D eigenvalue weighted by Crippen LogP contribution is -2.51. The van der Waals surface area contributed by atoms with Crippen LogP contribution in [0.4, 0.5) is 5.69 Å². The zero-order valence-corrected chi connectivity index (χ0v) is 24.7. The number of sulfonamides is 1. The third-order valence-electron chi connectivity index (χ3n) is 6.10. The lowest BCUT2D eigenvalue weighted by atomic mass is 10.1. The van der Waals surface area contributed by atoms with Crippen molar-refractivity contribution in [1.82, 2.24) is 10.2 Å². The summed E-state index contributed by atoms with van der Waals surface area (Å²) >= 11 is 12.2. The first-order valence-corrected chi connectivity index (χ1v) is 14.7. The normalized spacial score (nSPS) is 12.2. The molecule has 1 atom stereocenters. The fourth-order valence-electron chi connectivity index (χ4n) is 3.82. The van der Waals surface area contributed by atoms with Crippen molar-refractivity contribution in [2.45, 2.75) is 45.2 Å². The second-order valence-electron chi connectivity index (χ2n) is 9.77. The highest BCUT2D eigenvalue weighted by molar-refractivity contribution is 7.92. The number of rotatable bonds is 11. The van der Waals surface area contributed by atoms with Gasteiger partial charge < -0.3 is 10.2 Å². The highest BCUT2D eigenvalue weighted by Crippen LogP contribution is 2.27. The molecule has 3 aromatic carbocycles. The molecule has 0 aliphatic rings. The summed E-state index contributed by atoms with van der Waals surface area (Å²) in [7, 11) is -4.15. The monoisotopic (exact) mass is 589 g/mol. The third-order valence-corrected chi connectivity index (χ3v) is 8.38. The molecular formula is C29H33Cl2N3O4S. The van der Waals surface area contributed by atoms with E-state index < -0.39 is 28.5 Å². The third kappa shape index (κ3) is 8.21. The van der Waals surface area contributed by atoms with Gasteiger partial charge in [0.1, 0.15) is 12.6 Å². The van der Waals surface area contributed by atoms with E-state index in [0.29, 0.717) is 16.6 Å². The van der Waals surface area contributed by atoms with Crippen molar-refractivity contribution in [2.75, 3.05) is 17.4 Å². The molecule has 0 saturated heterocycles. The Morgan fingerprint density at radius 1 is 0.897 bits per heavy atom. The Morgan fingerprint density at radius 2 is 1.54 bits per heavy atom. The van der Waals surface area contributed by atoms with Crippen molar-refractivity contribution in [2.24, 2.45) is 5.92 Å². The average Bonchev–Trinajstić information content (AvgIpc) is 2.89. The van der Waals surface area contributed by atoms with Gasteiger partial charge in [-0.1, -0.05) is 72.9 Å². The minimum atomic E-state index is -4.15. The maximum Gasteiger partial charge on any atom is 0.264 e. The second kappa shape index (κ2) is 13.3. The van der Waals surface area contributed by atoms with Crippen molar-refractivity contribution >= 4 is 50.7 Å². The summed E-state index contributed by atoms with van der Waals surface area (Å²) in [6, 6.07) is 18.7. The number of benzene rings is 3. The van der Waals surface area contributed by atoms with Crippen LogP contribution in [0, 0.1) is 12.8 Å². The summed E-state index contributed by atoms with van der Waals surface area (Å²) in [5.74, 6) is -0.658. The molecule has 0 aromatic heterocycles. The quantitative estimate of drug-likeness (QED) is 0.311. The smallest absolute Gasteiger partial charge is 0.264 e. The molecule has 0 radical (unpaired) electrons. The van der Waals surface area contributed by atoms with E-state index in [1.165, 1.54) is 23.1 Å². The minimum Gasteiger partial charge on any atom is -0.354 e. The number of anilines is 1. The van der Waals surface area contributed by atoms with Crippen LogP contribution in [0.15, 0.2) is 77.7 Å². The molecule has 0 heterocycles.